The number of halogens is 4. The van der Waals surface area contributed by atoms with Crippen LogP contribution >= 0.6 is 0 Å². The third kappa shape index (κ3) is 7.19. The summed E-state index contributed by atoms with van der Waals surface area (Å²) in [5.41, 5.74) is 2.44. The lowest BCUT2D eigenvalue weighted by molar-refractivity contribution is -0.00641. The van der Waals surface area contributed by atoms with Crippen LogP contribution in [0.25, 0.3) is 10.9 Å². The number of likely N-dealkylation sites (tertiary alicyclic amines) is 1. The standard InChI is InChI=1S/C44H51F4N3O2Si/c1-29-22-36-35-18-11-12-19-39(35)49-41(36)42(40-37(47)23-30(24-38(40)48)43(52)31-25-50(26-31)21-13-20-45)51(29)27-32(46)28-53-54(44(2,3)4,33-14-7-5-8-15-33)34-16-9-6-10-17-34/h5-12,14-19,23-24,29,31-32,42-43,49,52H,13,20-22,25-28H2,1-4H3/t29-,32+,42-,43?/m1/s1. The van der Waals surface area contributed by atoms with Gasteiger partial charge in [0.25, 0.3) is 8.32 Å². The summed E-state index contributed by atoms with van der Waals surface area (Å²) in [5, 5.41) is 13.9. The van der Waals surface area contributed by atoms with Crippen LogP contribution < -0.4 is 10.4 Å². The van der Waals surface area contributed by atoms with Crippen molar-refractivity contribution in [1.29, 1.82) is 0 Å². The molecule has 7 rings (SSSR count). The lowest BCUT2D eigenvalue weighted by atomic mass is 9.85. The Labute approximate surface area is 317 Å². The van der Waals surface area contributed by atoms with Crippen molar-refractivity contribution >= 4 is 29.6 Å². The fourth-order valence-corrected chi connectivity index (χ4v) is 13.5. The van der Waals surface area contributed by atoms with Gasteiger partial charge in [-0.05, 0) is 64.5 Å². The van der Waals surface area contributed by atoms with Gasteiger partial charge < -0.3 is 19.4 Å². The van der Waals surface area contributed by atoms with Gasteiger partial charge in [-0.25, -0.2) is 13.2 Å². The van der Waals surface area contributed by atoms with Crippen LogP contribution in [0.5, 0.6) is 0 Å². The second-order valence-electron chi connectivity index (χ2n) is 16.2. The van der Waals surface area contributed by atoms with Gasteiger partial charge in [-0.1, -0.05) is 99.6 Å². The van der Waals surface area contributed by atoms with E-state index in [9.17, 15) is 9.50 Å². The molecule has 0 spiro atoms. The van der Waals surface area contributed by atoms with E-state index in [0.29, 0.717) is 38.2 Å². The molecule has 1 saturated heterocycles. The van der Waals surface area contributed by atoms with E-state index in [1.165, 1.54) is 12.1 Å². The highest BCUT2D eigenvalue weighted by Gasteiger charge is 2.51. The molecule has 286 valence electrons. The fraction of sp³-hybridized carbons (Fsp3) is 0.409. The first kappa shape index (κ1) is 38.5. The van der Waals surface area contributed by atoms with Gasteiger partial charge in [-0.3, -0.25) is 9.29 Å². The molecule has 0 amide bonds. The Balaban J connectivity index is 1.21. The van der Waals surface area contributed by atoms with E-state index < -0.39 is 44.9 Å². The van der Waals surface area contributed by atoms with E-state index >= 15 is 13.2 Å². The molecule has 3 heterocycles. The molecule has 0 bridgehead atoms. The second kappa shape index (κ2) is 15.7. The van der Waals surface area contributed by atoms with E-state index in [4.69, 9.17) is 4.43 Å². The van der Waals surface area contributed by atoms with E-state index in [1.807, 2.05) is 77.4 Å². The molecule has 2 aliphatic rings. The number of aliphatic hydroxyl groups excluding tert-OH is 1. The lowest BCUT2D eigenvalue weighted by Gasteiger charge is -2.44. The zero-order valence-electron chi connectivity index (χ0n) is 31.5. The molecular formula is C44H51F4N3O2Si. The minimum absolute atomic E-state index is 0.112. The quantitative estimate of drug-likeness (QED) is 0.0945. The number of nitrogens with zero attached hydrogens (tertiary/aromatic N) is 2. The number of hydrogen-bond donors (Lipinski definition) is 2. The molecule has 10 heteroatoms. The maximum Gasteiger partial charge on any atom is 0.261 e. The van der Waals surface area contributed by atoms with Gasteiger partial charge in [0.05, 0.1) is 25.4 Å². The molecule has 0 saturated carbocycles. The molecule has 4 aromatic carbocycles. The Morgan fingerprint density at radius 1 is 0.907 bits per heavy atom. The lowest BCUT2D eigenvalue weighted by Crippen LogP contribution is -2.67. The summed E-state index contributed by atoms with van der Waals surface area (Å²) in [6, 6.07) is 29.2. The first-order chi connectivity index (χ1) is 25.9. The molecule has 5 nitrogen and oxygen atoms in total. The molecule has 5 aromatic rings. The van der Waals surface area contributed by atoms with Gasteiger partial charge >= 0.3 is 0 Å². The summed E-state index contributed by atoms with van der Waals surface area (Å²) < 4.78 is 69.5. The van der Waals surface area contributed by atoms with Gasteiger partial charge in [0.1, 0.15) is 17.8 Å². The fourth-order valence-electron chi connectivity index (χ4n) is 8.94. The smallest absolute Gasteiger partial charge is 0.261 e. The number of para-hydroxylation sites is 1. The monoisotopic (exact) mass is 757 g/mol. The topological polar surface area (TPSA) is 51.7 Å². The van der Waals surface area contributed by atoms with E-state index in [2.05, 4.69) is 50.0 Å². The minimum Gasteiger partial charge on any atom is -0.404 e. The van der Waals surface area contributed by atoms with Gasteiger partial charge in [0.15, 0.2) is 0 Å². The highest BCUT2D eigenvalue weighted by atomic mass is 28.4. The molecule has 0 aliphatic carbocycles. The van der Waals surface area contributed by atoms with Crippen molar-refractivity contribution in [3.63, 3.8) is 0 Å². The maximum atomic E-state index is 16.8. The molecule has 1 fully saturated rings. The van der Waals surface area contributed by atoms with Crippen LogP contribution in [0, 0.1) is 17.6 Å². The van der Waals surface area contributed by atoms with E-state index in [-0.39, 0.29) is 41.3 Å². The van der Waals surface area contributed by atoms with Gasteiger partial charge in [-0.2, -0.15) is 0 Å². The molecule has 2 N–H and O–H groups in total. The van der Waals surface area contributed by atoms with Crippen LogP contribution in [0.2, 0.25) is 5.04 Å². The van der Waals surface area contributed by atoms with Crippen molar-refractivity contribution in [2.45, 2.75) is 69.9 Å². The van der Waals surface area contributed by atoms with Gasteiger partial charge in [0, 0.05) is 60.3 Å². The van der Waals surface area contributed by atoms with Crippen LogP contribution in [0.4, 0.5) is 17.6 Å². The zero-order valence-corrected chi connectivity index (χ0v) is 32.5. The van der Waals surface area contributed by atoms with Crippen molar-refractivity contribution in [1.82, 2.24) is 14.8 Å². The first-order valence-corrected chi connectivity index (χ1v) is 21.0. The molecular weight excluding hydrogens is 707 g/mol. The predicted molar refractivity (Wildman–Crippen MR) is 210 cm³/mol. The molecule has 0 radical (unpaired) electrons. The Morgan fingerprint density at radius 3 is 2.09 bits per heavy atom. The van der Waals surface area contributed by atoms with Crippen molar-refractivity contribution in [3.8, 4) is 0 Å². The summed E-state index contributed by atoms with van der Waals surface area (Å²) in [6.45, 7) is 9.36. The number of nitrogens with one attached hydrogen (secondary N) is 1. The summed E-state index contributed by atoms with van der Waals surface area (Å²) in [6.07, 6.45) is -1.56. The number of fused-ring (bicyclic) bond motifs is 3. The number of alkyl halides is 2. The van der Waals surface area contributed by atoms with Crippen molar-refractivity contribution in [2.75, 3.05) is 39.5 Å². The third-order valence-corrected chi connectivity index (χ3v) is 16.6. The third-order valence-electron chi connectivity index (χ3n) is 11.6. The Kier molecular flexibility index (Phi) is 11.2. The van der Waals surface area contributed by atoms with Gasteiger partial charge in [-0.15, -0.1) is 0 Å². The number of aromatic nitrogens is 1. The molecule has 4 atom stereocenters. The average Bonchev–Trinajstić information content (AvgIpc) is 3.50. The highest BCUT2D eigenvalue weighted by Crippen LogP contribution is 2.44. The number of hydrogen-bond acceptors (Lipinski definition) is 4. The van der Waals surface area contributed by atoms with Crippen molar-refractivity contribution in [3.05, 3.63) is 131 Å². The molecule has 54 heavy (non-hydrogen) atoms. The van der Waals surface area contributed by atoms with Crippen LogP contribution in [0.1, 0.15) is 68.6 Å². The highest BCUT2D eigenvalue weighted by molar-refractivity contribution is 6.99. The Bertz CT molecular complexity index is 1970. The summed E-state index contributed by atoms with van der Waals surface area (Å²) in [4.78, 5) is 7.34. The number of aliphatic hydroxyl groups is 1. The summed E-state index contributed by atoms with van der Waals surface area (Å²) in [7, 11) is -3.04. The normalized spacial score (nSPS) is 19.8. The van der Waals surface area contributed by atoms with Gasteiger partial charge in [0.2, 0.25) is 0 Å². The molecule has 2 aliphatic heterocycles. The number of rotatable bonds is 13. The minimum atomic E-state index is -3.04. The van der Waals surface area contributed by atoms with Crippen molar-refractivity contribution < 1.29 is 27.1 Å². The number of H-pyrrole nitrogens is 1. The van der Waals surface area contributed by atoms with Crippen LogP contribution in [0.15, 0.2) is 97.1 Å². The van der Waals surface area contributed by atoms with E-state index in [0.717, 1.165) is 26.8 Å². The summed E-state index contributed by atoms with van der Waals surface area (Å²) in [5.74, 6) is -1.78. The SMILES string of the molecule is C[C@@H]1Cc2c([nH]c3ccccc23)[C@@H](c2c(F)cc(C(O)C3CN(CCCF)C3)cc2F)N1C[C@H](F)CO[Si](c1ccccc1)(c1ccccc1)C(C)(C)C. The Morgan fingerprint density at radius 2 is 1.50 bits per heavy atom. The van der Waals surface area contributed by atoms with Crippen molar-refractivity contribution in [2.24, 2.45) is 5.92 Å². The van der Waals surface area contributed by atoms with Crippen LogP contribution in [-0.4, -0.2) is 79.9 Å². The van der Waals surface area contributed by atoms with E-state index in [1.54, 1.807) is 0 Å². The molecule has 1 aromatic heterocycles. The van der Waals surface area contributed by atoms with Crippen LogP contribution in [0.3, 0.4) is 0 Å². The summed E-state index contributed by atoms with van der Waals surface area (Å²) >= 11 is 0. The zero-order chi connectivity index (χ0) is 38.2. The maximum absolute atomic E-state index is 16.8. The Hall–Kier alpha value is -3.80. The predicted octanol–water partition coefficient (Wildman–Crippen LogP) is 8.02. The second-order valence-corrected chi connectivity index (χ2v) is 20.5. The molecule has 1 unspecified atom stereocenters. The number of aromatic amines is 1. The largest absolute Gasteiger partial charge is 0.404 e. The van der Waals surface area contributed by atoms with Crippen LogP contribution in [-0.2, 0) is 10.8 Å². The number of benzene rings is 4. The first-order valence-electron chi connectivity index (χ1n) is 19.1. The average molecular weight is 758 g/mol.